The maximum absolute atomic E-state index is 13.7. The van der Waals surface area contributed by atoms with Crippen LogP contribution in [0.15, 0.2) is 39.0 Å². The molecule has 1 saturated heterocycles. The molecule has 3 amide bonds. The second-order valence-electron chi connectivity index (χ2n) is 5.20. The topological polar surface area (TPSA) is 92.3 Å². The molecule has 140 valence electrons. The minimum atomic E-state index is -0.495. The highest BCUT2D eigenvalue weighted by Gasteiger charge is 2.34. The molecule has 2 heterocycles. The third kappa shape index (κ3) is 5.15. The van der Waals surface area contributed by atoms with Gasteiger partial charge in [-0.05, 0) is 23.9 Å². The van der Waals surface area contributed by atoms with Crippen molar-refractivity contribution >= 4 is 58.0 Å². The van der Waals surface area contributed by atoms with Gasteiger partial charge in [-0.2, -0.15) is 0 Å². The van der Waals surface area contributed by atoms with Gasteiger partial charge in [-0.3, -0.25) is 19.3 Å². The van der Waals surface area contributed by atoms with Crippen LogP contribution in [0.25, 0.3) is 6.08 Å². The fraction of sp³-hybridized carbons (Fsp3) is 0.188. The van der Waals surface area contributed by atoms with E-state index >= 15 is 0 Å². The van der Waals surface area contributed by atoms with Crippen LogP contribution in [-0.2, 0) is 9.59 Å². The van der Waals surface area contributed by atoms with Crippen LogP contribution in [0.2, 0.25) is 0 Å². The lowest BCUT2D eigenvalue weighted by molar-refractivity contribution is -0.123. The third-order valence-electron chi connectivity index (χ3n) is 3.39. The van der Waals surface area contributed by atoms with Crippen molar-refractivity contribution in [2.75, 3.05) is 18.8 Å². The molecular formula is C16H13FN4O3S3. The molecular weight excluding hydrogens is 411 g/mol. The van der Waals surface area contributed by atoms with Crippen LogP contribution in [0, 0.1) is 5.82 Å². The van der Waals surface area contributed by atoms with Gasteiger partial charge in [0.15, 0.2) is 4.34 Å². The van der Waals surface area contributed by atoms with Gasteiger partial charge in [-0.15, -0.1) is 10.2 Å². The van der Waals surface area contributed by atoms with Crippen molar-refractivity contribution in [3.8, 4) is 0 Å². The summed E-state index contributed by atoms with van der Waals surface area (Å²) in [6, 6.07) is 6.00. The van der Waals surface area contributed by atoms with Gasteiger partial charge >= 0.3 is 0 Å². The Balaban J connectivity index is 1.50. The molecule has 1 N–H and O–H groups in total. The third-order valence-corrected chi connectivity index (χ3v) is 6.16. The number of amides is 3. The van der Waals surface area contributed by atoms with Crippen molar-refractivity contribution in [3.63, 3.8) is 0 Å². The van der Waals surface area contributed by atoms with Gasteiger partial charge in [0.25, 0.3) is 11.1 Å². The Hall–Kier alpha value is -2.24. The van der Waals surface area contributed by atoms with E-state index in [4.69, 9.17) is 0 Å². The van der Waals surface area contributed by atoms with Crippen LogP contribution in [0.3, 0.4) is 0 Å². The van der Waals surface area contributed by atoms with Gasteiger partial charge in [-0.25, -0.2) is 4.39 Å². The lowest BCUT2D eigenvalue weighted by Crippen LogP contribution is -2.37. The highest BCUT2D eigenvalue weighted by molar-refractivity contribution is 8.18. The molecule has 1 fully saturated rings. The first kappa shape index (κ1) is 19.5. The number of aromatic nitrogens is 2. The largest absolute Gasteiger partial charge is 0.354 e. The van der Waals surface area contributed by atoms with Crippen molar-refractivity contribution in [1.82, 2.24) is 20.4 Å². The van der Waals surface area contributed by atoms with E-state index < -0.39 is 17.0 Å². The van der Waals surface area contributed by atoms with Crippen LogP contribution in [0.1, 0.15) is 5.56 Å². The fourth-order valence-electron chi connectivity index (χ4n) is 2.14. The Labute approximate surface area is 166 Å². The second-order valence-corrected chi connectivity index (χ2v) is 8.25. The maximum atomic E-state index is 13.7. The van der Waals surface area contributed by atoms with Crippen LogP contribution in [-0.4, -0.2) is 51.0 Å². The smallest absolute Gasteiger partial charge is 0.293 e. The van der Waals surface area contributed by atoms with Crippen molar-refractivity contribution in [1.29, 1.82) is 0 Å². The average Bonchev–Trinajstić information content (AvgIpc) is 3.25. The number of nitrogens with zero attached hydrogens (tertiary/aromatic N) is 3. The molecule has 0 atom stereocenters. The highest BCUT2D eigenvalue weighted by Crippen LogP contribution is 2.32. The molecule has 11 heteroatoms. The first-order valence-corrected chi connectivity index (χ1v) is 10.4. The van der Waals surface area contributed by atoms with E-state index in [1.54, 1.807) is 17.6 Å². The Morgan fingerprint density at radius 1 is 1.33 bits per heavy atom. The van der Waals surface area contributed by atoms with Crippen LogP contribution in [0.4, 0.5) is 9.18 Å². The van der Waals surface area contributed by atoms with Crippen molar-refractivity contribution in [2.45, 2.75) is 4.34 Å². The van der Waals surface area contributed by atoms with Gasteiger partial charge in [0.2, 0.25) is 5.91 Å². The molecule has 0 spiro atoms. The number of carbonyl (C=O) groups is 3. The normalized spacial score (nSPS) is 15.6. The number of halogens is 1. The van der Waals surface area contributed by atoms with Crippen molar-refractivity contribution in [3.05, 3.63) is 46.1 Å². The Kier molecular flexibility index (Phi) is 6.58. The lowest BCUT2D eigenvalue weighted by Gasteiger charge is -2.12. The fourth-order valence-corrected chi connectivity index (χ4v) is 4.31. The number of hydrogen-bond acceptors (Lipinski definition) is 8. The zero-order valence-electron chi connectivity index (χ0n) is 13.8. The maximum Gasteiger partial charge on any atom is 0.293 e. The predicted octanol–water partition coefficient (Wildman–Crippen LogP) is 2.62. The van der Waals surface area contributed by atoms with Crippen LogP contribution >= 0.6 is 34.9 Å². The first-order valence-electron chi connectivity index (χ1n) is 7.70. The highest BCUT2D eigenvalue weighted by atomic mass is 32.2. The van der Waals surface area contributed by atoms with Gasteiger partial charge in [0.05, 0.1) is 10.7 Å². The summed E-state index contributed by atoms with van der Waals surface area (Å²) < 4.78 is 14.4. The lowest BCUT2D eigenvalue weighted by atomic mass is 10.2. The number of benzene rings is 1. The number of thioether (sulfide) groups is 2. The molecule has 0 radical (unpaired) electrons. The summed E-state index contributed by atoms with van der Waals surface area (Å²) in [5.41, 5.74) is 1.82. The summed E-state index contributed by atoms with van der Waals surface area (Å²) in [6.45, 7) is 0.190. The molecule has 0 saturated carbocycles. The molecule has 27 heavy (non-hydrogen) atoms. The minimum absolute atomic E-state index is 0.0501. The SMILES string of the molecule is O=C(CSc1nncs1)NCCN1C(=O)S/C(=C\c2ccccc2F)C1=O. The van der Waals surface area contributed by atoms with Crippen molar-refractivity contribution in [2.24, 2.45) is 0 Å². The quantitative estimate of drug-likeness (QED) is 0.539. The van der Waals surface area contributed by atoms with E-state index in [0.717, 1.165) is 16.7 Å². The van der Waals surface area contributed by atoms with E-state index in [9.17, 15) is 18.8 Å². The Morgan fingerprint density at radius 2 is 2.15 bits per heavy atom. The Morgan fingerprint density at radius 3 is 2.89 bits per heavy atom. The second kappa shape index (κ2) is 9.11. The number of carbonyl (C=O) groups excluding carboxylic acids is 3. The molecule has 0 bridgehead atoms. The molecule has 0 unspecified atom stereocenters. The standard InChI is InChI=1S/C16H13FN4O3S3/c17-11-4-2-1-3-10(11)7-12-14(23)21(16(24)27-12)6-5-18-13(22)8-25-15-20-19-9-26-15/h1-4,7,9H,5-6,8H2,(H,18,22)/b12-7-. The zero-order chi connectivity index (χ0) is 19.2. The molecule has 0 aliphatic carbocycles. The molecule has 1 aliphatic heterocycles. The van der Waals surface area contributed by atoms with Crippen molar-refractivity contribution < 1.29 is 18.8 Å². The summed E-state index contributed by atoms with van der Waals surface area (Å²) in [5, 5.41) is 9.70. The molecule has 2 aromatic rings. The van der Waals surface area contributed by atoms with E-state index in [1.807, 2.05) is 0 Å². The predicted molar refractivity (Wildman–Crippen MR) is 103 cm³/mol. The van der Waals surface area contributed by atoms with Crippen LogP contribution < -0.4 is 5.32 Å². The number of rotatable bonds is 7. The number of imide groups is 1. The minimum Gasteiger partial charge on any atom is -0.354 e. The number of nitrogens with one attached hydrogen (secondary N) is 1. The van der Waals surface area contributed by atoms with E-state index in [1.165, 1.54) is 41.3 Å². The molecule has 3 rings (SSSR count). The monoisotopic (exact) mass is 424 g/mol. The summed E-state index contributed by atoms with van der Waals surface area (Å²) in [7, 11) is 0. The number of hydrogen-bond donors (Lipinski definition) is 1. The molecule has 1 aliphatic rings. The first-order chi connectivity index (χ1) is 13.0. The van der Waals surface area contributed by atoms with Crippen LogP contribution in [0.5, 0.6) is 0 Å². The Bertz CT molecular complexity index is 889. The molecule has 7 nitrogen and oxygen atoms in total. The van der Waals surface area contributed by atoms with E-state index in [2.05, 4.69) is 15.5 Å². The summed E-state index contributed by atoms with van der Waals surface area (Å²) >= 11 is 3.35. The van der Waals surface area contributed by atoms with Gasteiger partial charge < -0.3 is 5.32 Å². The van der Waals surface area contributed by atoms with Gasteiger partial charge in [0.1, 0.15) is 11.3 Å². The summed E-state index contributed by atoms with van der Waals surface area (Å²) in [5.74, 6) is -1.02. The molecule has 1 aromatic carbocycles. The molecule has 1 aromatic heterocycles. The van der Waals surface area contributed by atoms with Gasteiger partial charge in [-0.1, -0.05) is 41.3 Å². The average molecular weight is 425 g/mol. The summed E-state index contributed by atoms with van der Waals surface area (Å²) in [6.07, 6.45) is 1.36. The zero-order valence-corrected chi connectivity index (χ0v) is 16.2. The summed E-state index contributed by atoms with van der Waals surface area (Å²) in [4.78, 5) is 37.4. The van der Waals surface area contributed by atoms with E-state index in [-0.39, 0.29) is 35.2 Å². The van der Waals surface area contributed by atoms with Gasteiger partial charge in [0, 0.05) is 18.7 Å². The van der Waals surface area contributed by atoms with E-state index in [0.29, 0.717) is 4.34 Å².